The molecule has 0 unspecified atom stereocenters. The Morgan fingerprint density at radius 3 is 2.55 bits per heavy atom. The van der Waals surface area contributed by atoms with E-state index in [4.69, 9.17) is 5.11 Å². The normalized spacial score (nSPS) is 18.4. The Bertz CT molecular complexity index is 431. The van der Waals surface area contributed by atoms with Gasteiger partial charge in [0.15, 0.2) is 0 Å². The minimum Gasteiger partial charge on any atom is -0.390 e. The molecule has 0 spiro atoms. The van der Waals surface area contributed by atoms with Gasteiger partial charge in [0.25, 0.3) is 5.92 Å². The lowest BCUT2D eigenvalue weighted by Gasteiger charge is -2.38. The fraction of sp³-hybridized carbons (Fsp3) is 0.538. The van der Waals surface area contributed by atoms with Gasteiger partial charge in [0.2, 0.25) is 0 Å². The third-order valence-corrected chi connectivity index (χ3v) is 3.79. The molecule has 0 bridgehead atoms. The predicted molar refractivity (Wildman–Crippen MR) is 80.6 cm³/mol. The molecule has 0 aliphatic carbocycles. The van der Waals surface area contributed by atoms with Crippen LogP contribution in [0.15, 0.2) is 28.7 Å². The number of nitrogens with one attached hydrogen (secondary N) is 1. The topological polar surface area (TPSA) is 35.5 Å². The van der Waals surface area contributed by atoms with E-state index < -0.39 is 18.6 Å². The van der Waals surface area contributed by atoms with Gasteiger partial charge in [-0.25, -0.2) is 8.78 Å². The average molecular weight is 372 g/mol. The minimum absolute atomic E-state index is 0. The number of benzene rings is 1. The summed E-state index contributed by atoms with van der Waals surface area (Å²) < 4.78 is 28.9. The van der Waals surface area contributed by atoms with Crippen LogP contribution in [-0.4, -0.2) is 48.7 Å². The summed E-state index contributed by atoms with van der Waals surface area (Å²) >= 11 is 3.30. The van der Waals surface area contributed by atoms with Crippen LogP contribution < -0.4 is 5.32 Å². The highest BCUT2D eigenvalue weighted by Gasteiger charge is 2.43. The van der Waals surface area contributed by atoms with Gasteiger partial charge in [-0.15, -0.1) is 12.4 Å². The first-order valence-electron chi connectivity index (χ1n) is 6.23. The standard InChI is InChI=1S/C13H17BrF2N2O.ClH/c14-11-3-1-2-10(8-11)12(13(15,16)9-19)18-6-4-17-5-7-18;/h1-3,8,12,17,19H,4-7,9H2;1H/t12-;/m0./s1. The van der Waals surface area contributed by atoms with Gasteiger partial charge in [-0.1, -0.05) is 28.1 Å². The van der Waals surface area contributed by atoms with Crippen LogP contribution in [-0.2, 0) is 0 Å². The molecular weight excluding hydrogens is 354 g/mol. The van der Waals surface area contributed by atoms with E-state index in [1.54, 1.807) is 29.2 Å². The van der Waals surface area contributed by atoms with Gasteiger partial charge in [-0.2, -0.15) is 0 Å². The number of hydrogen-bond donors (Lipinski definition) is 2. The molecule has 1 fully saturated rings. The van der Waals surface area contributed by atoms with Crippen LogP contribution in [0.4, 0.5) is 8.78 Å². The minimum atomic E-state index is -3.15. The number of rotatable bonds is 4. The van der Waals surface area contributed by atoms with Crippen molar-refractivity contribution < 1.29 is 13.9 Å². The van der Waals surface area contributed by atoms with Crippen LogP contribution in [0.25, 0.3) is 0 Å². The number of hydrogen-bond acceptors (Lipinski definition) is 3. The number of nitrogens with zero attached hydrogens (tertiary/aromatic N) is 1. The lowest BCUT2D eigenvalue weighted by molar-refractivity contribution is -0.118. The van der Waals surface area contributed by atoms with E-state index >= 15 is 0 Å². The average Bonchev–Trinajstić information content (AvgIpc) is 2.40. The highest BCUT2D eigenvalue weighted by Crippen LogP contribution is 2.37. The molecule has 0 amide bonds. The molecule has 0 radical (unpaired) electrons. The summed E-state index contributed by atoms with van der Waals surface area (Å²) in [6, 6.07) is 5.83. The summed E-state index contributed by atoms with van der Waals surface area (Å²) in [6.07, 6.45) is 0. The summed E-state index contributed by atoms with van der Waals surface area (Å²) in [5.74, 6) is -3.15. The zero-order chi connectivity index (χ0) is 13.9. The summed E-state index contributed by atoms with van der Waals surface area (Å²) in [7, 11) is 0. The van der Waals surface area contributed by atoms with Crippen LogP contribution in [0.5, 0.6) is 0 Å². The van der Waals surface area contributed by atoms with Crippen LogP contribution in [0.2, 0.25) is 0 Å². The third-order valence-electron chi connectivity index (χ3n) is 3.29. The summed E-state index contributed by atoms with van der Waals surface area (Å²) in [5, 5.41) is 12.2. The van der Waals surface area contributed by atoms with Gasteiger partial charge < -0.3 is 10.4 Å². The van der Waals surface area contributed by atoms with Gasteiger partial charge in [0, 0.05) is 30.7 Å². The van der Waals surface area contributed by atoms with E-state index in [9.17, 15) is 8.78 Å². The van der Waals surface area contributed by atoms with Crippen molar-refractivity contribution in [1.29, 1.82) is 0 Å². The van der Waals surface area contributed by atoms with Crippen molar-refractivity contribution in [3.63, 3.8) is 0 Å². The lowest BCUT2D eigenvalue weighted by Crippen LogP contribution is -2.51. The van der Waals surface area contributed by atoms with Gasteiger partial charge >= 0.3 is 0 Å². The SMILES string of the molecule is Cl.OCC(F)(F)[C@H](c1cccc(Br)c1)N1CCNCC1. The Kier molecular flexibility index (Phi) is 6.81. The quantitative estimate of drug-likeness (QED) is 0.853. The van der Waals surface area contributed by atoms with Crippen LogP contribution in [0.3, 0.4) is 0 Å². The van der Waals surface area contributed by atoms with Gasteiger partial charge in [-0.3, -0.25) is 4.90 Å². The van der Waals surface area contributed by atoms with Crippen molar-refractivity contribution in [2.24, 2.45) is 0 Å². The van der Waals surface area contributed by atoms with E-state index in [1.165, 1.54) is 0 Å². The second kappa shape index (κ2) is 7.66. The van der Waals surface area contributed by atoms with Gasteiger partial charge in [0.1, 0.15) is 12.6 Å². The first-order chi connectivity index (χ1) is 9.04. The largest absolute Gasteiger partial charge is 0.390 e. The number of piperazine rings is 1. The predicted octanol–water partition coefficient (Wildman–Crippen LogP) is 2.44. The molecule has 1 aromatic rings. The van der Waals surface area contributed by atoms with Crippen LogP contribution >= 0.6 is 28.3 Å². The maximum atomic E-state index is 14.1. The maximum Gasteiger partial charge on any atom is 0.289 e. The molecule has 2 rings (SSSR count). The number of aliphatic hydroxyl groups excluding tert-OH is 1. The first kappa shape index (κ1) is 17.8. The monoisotopic (exact) mass is 370 g/mol. The Labute approximate surface area is 131 Å². The molecule has 114 valence electrons. The Morgan fingerprint density at radius 1 is 1.35 bits per heavy atom. The zero-order valence-electron chi connectivity index (χ0n) is 10.9. The van der Waals surface area contributed by atoms with Crippen LogP contribution in [0.1, 0.15) is 11.6 Å². The van der Waals surface area contributed by atoms with Crippen LogP contribution in [0, 0.1) is 0 Å². The summed E-state index contributed by atoms with van der Waals surface area (Å²) in [4.78, 5) is 1.73. The lowest BCUT2D eigenvalue weighted by atomic mass is 9.98. The van der Waals surface area contributed by atoms with E-state index in [2.05, 4.69) is 21.2 Å². The molecule has 20 heavy (non-hydrogen) atoms. The maximum absolute atomic E-state index is 14.1. The Morgan fingerprint density at radius 2 is 2.00 bits per heavy atom. The first-order valence-corrected chi connectivity index (χ1v) is 7.03. The molecule has 1 aliphatic rings. The van der Waals surface area contributed by atoms with Crippen molar-refractivity contribution >= 4 is 28.3 Å². The van der Waals surface area contributed by atoms with Gasteiger partial charge in [-0.05, 0) is 17.7 Å². The second-order valence-corrected chi connectivity index (χ2v) is 5.58. The number of halogens is 4. The van der Waals surface area contributed by atoms with E-state index in [0.717, 1.165) is 4.47 Å². The molecule has 2 N–H and O–H groups in total. The molecule has 7 heteroatoms. The van der Waals surface area contributed by atoms with Gasteiger partial charge in [0.05, 0.1) is 0 Å². The summed E-state index contributed by atoms with van der Waals surface area (Å²) in [5.41, 5.74) is 0.523. The Hall–Kier alpha value is -0.270. The molecule has 3 nitrogen and oxygen atoms in total. The molecular formula is C13H18BrClF2N2O. The second-order valence-electron chi connectivity index (χ2n) is 4.66. The molecule has 0 aromatic heterocycles. The Balaban J connectivity index is 0.00000200. The van der Waals surface area contributed by atoms with Crippen molar-refractivity contribution in [2.45, 2.75) is 12.0 Å². The molecule has 0 saturated carbocycles. The molecule has 1 aliphatic heterocycles. The molecule has 1 aromatic carbocycles. The number of aliphatic hydroxyl groups is 1. The fourth-order valence-corrected chi connectivity index (χ4v) is 2.84. The summed E-state index contributed by atoms with van der Waals surface area (Å²) in [6.45, 7) is 1.33. The number of alkyl halides is 2. The van der Waals surface area contributed by atoms with E-state index in [0.29, 0.717) is 31.7 Å². The van der Waals surface area contributed by atoms with Crippen molar-refractivity contribution in [2.75, 3.05) is 32.8 Å². The van der Waals surface area contributed by atoms with E-state index in [-0.39, 0.29) is 12.4 Å². The molecule has 1 saturated heterocycles. The molecule has 1 atom stereocenters. The van der Waals surface area contributed by atoms with Crippen molar-refractivity contribution in [3.8, 4) is 0 Å². The highest BCUT2D eigenvalue weighted by atomic mass is 79.9. The molecule has 1 heterocycles. The fourth-order valence-electron chi connectivity index (χ4n) is 2.43. The van der Waals surface area contributed by atoms with Crippen molar-refractivity contribution in [1.82, 2.24) is 10.2 Å². The zero-order valence-corrected chi connectivity index (χ0v) is 13.3. The third kappa shape index (κ3) is 4.11. The van der Waals surface area contributed by atoms with Crippen molar-refractivity contribution in [3.05, 3.63) is 34.3 Å². The highest BCUT2D eigenvalue weighted by molar-refractivity contribution is 9.10. The van der Waals surface area contributed by atoms with E-state index in [1.807, 2.05) is 0 Å². The smallest absolute Gasteiger partial charge is 0.289 e.